The molecule has 0 aliphatic rings. The van der Waals surface area contributed by atoms with Crippen LogP contribution in [0, 0.1) is 12.7 Å². The van der Waals surface area contributed by atoms with Crippen molar-refractivity contribution in [1.29, 1.82) is 0 Å². The molecule has 0 fully saturated rings. The Morgan fingerprint density at radius 3 is 2.95 bits per heavy atom. The molecular formula is C15H16FN3O2. The number of nitrogens with zero attached hydrogens (tertiary/aromatic N) is 1. The Bertz CT molecular complexity index is 674. The van der Waals surface area contributed by atoms with Gasteiger partial charge in [-0.15, -0.1) is 0 Å². The molecule has 0 aliphatic carbocycles. The average molecular weight is 289 g/mol. The number of nitrogens with one attached hydrogen (secondary N) is 1. The highest BCUT2D eigenvalue weighted by atomic mass is 19.1. The van der Waals surface area contributed by atoms with Crippen LogP contribution in [0.2, 0.25) is 0 Å². The standard InChI is InChI=1S/C15H16FN3O2/c1-3-21-15(20)11-7-10(17)8-18-14(11)19-13-6-4-5-12(16)9(13)2/h4-8H,3,17H2,1-2H3,(H,18,19). The van der Waals surface area contributed by atoms with Gasteiger partial charge in [0.2, 0.25) is 0 Å². The lowest BCUT2D eigenvalue weighted by atomic mass is 10.1. The van der Waals surface area contributed by atoms with E-state index in [1.54, 1.807) is 26.0 Å². The van der Waals surface area contributed by atoms with Crippen molar-refractivity contribution in [3.8, 4) is 0 Å². The monoisotopic (exact) mass is 289 g/mol. The number of hydrogen-bond donors (Lipinski definition) is 2. The molecule has 2 aromatic rings. The summed E-state index contributed by atoms with van der Waals surface area (Å²) >= 11 is 0. The van der Waals surface area contributed by atoms with E-state index >= 15 is 0 Å². The molecule has 0 spiro atoms. The Kier molecular flexibility index (Phi) is 4.37. The summed E-state index contributed by atoms with van der Waals surface area (Å²) in [7, 11) is 0. The molecule has 0 bridgehead atoms. The molecule has 0 saturated heterocycles. The van der Waals surface area contributed by atoms with Crippen LogP contribution in [0.3, 0.4) is 0 Å². The molecule has 0 radical (unpaired) electrons. The van der Waals surface area contributed by atoms with Crippen molar-refractivity contribution in [3.05, 3.63) is 47.4 Å². The number of pyridine rings is 1. The first-order valence-electron chi connectivity index (χ1n) is 6.47. The second-order valence-corrected chi connectivity index (χ2v) is 4.42. The van der Waals surface area contributed by atoms with Gasteiger partial charge in [-0.25, -0.2) is 14.2 Å². The number of hydrogen-bond acceptors (Lipinski definition) is 5. The number of carbonyl (C=O) groups excluding carboxylic acids is 1. The fraction of sp³-hybridized carbons (Fsp3) is 0.200. The first-order valence-corrected chi connectivity index (χ1v) is 6.47. The summed E-state index contributed by atoms with van der Waals surface area (Å²) in [5.74, 6) is -0.599. The highest BCUT2D eigenvalue weighted by Gasteiger charge is 2.15. The molecule has 6 heteroatoms. The van der Waals surface area contributed by atoms with Gasteiger partial charge in [-0.3, -0.25) is 0 Å². The Labute approximate surface area is 121 Å². The molecular weight excluding hydrogens is 273 g/mol. The van der Waals surface area contributed by atoms with Crippen LogP contribution >= 0.6 is 0 Å². The van der Waals surface area contributed by atoms with Gasteiger partial charge >= 0.3 is 5.97 Å². The van der Waals surface area contributed by atoms with Crippen LogP contribution in [-0.4, -0.2) is 17.6 Å². The van der Waals surface area contributed by atoms with E-state index in [9.17, 15) is 9.18 Å². The smallest absolute Gasteiger partial charge is 0.341 e. The summed E-state index contributed by atoms with van der Waals surface area (Å²) < 4.78 is 18.5. The molecule has 0 aliphatic heterocycles. The third-order valence-corrected chi connectivity index (χ3v) is 2.92. The van der Waals surface area contributed by atoms with Crippen molar-refractivity contribution in [2.45, 2.75) is 13.8 Å². The molecule has 0 amide bonds. The molecule has 3 N–H and O–H groups in total. The number of ether oxygens (including phenoxy) is 1. The van der Waals surface area contributed by atoms with Crippen molar-refractivity contribution in [2.24, 2.45) is 0 Å². The van der Waals surface area contributed by atoms with E-state index in [4.69, 9.17) is 10.5 Å². The lowest BCUT2D eigenvalue weighted by Crippen LogP contribution is -2.10. The maximum absolute atomic E-state index is 13.6. The van der Waals surface area contributed by atoms with Crippen molar-refractivity contribution >= 4 is 23.2 Å². The predicted octanol–water partition coefficient (Wildman–Crippen LogP) is 3.03. The van der Waals surface area contributed by atoms with Crippen LogP contribution in [-0.2, 0) is 4.74 Å². The molecule has 0 atom stereocenters. The quantitative estimate of drug-likeness (QED) is 0.846. The molecule has 0 saturated carbocycles. The van der Waals surface area contributed by atoms with Crippen LogP contribution < -0.4 is 11.1 Å². The van der Waals surface area contributed by atoms with Crippen LogP contribution in [0.15, 0.2) is 30.5 Å². The number of anilines is 3. The van der Waals surface area contributed by atoms with Gasteiger partial charge in [0, 0.05) is 11.3 Å². The number of nitrogens with two attached hydrogens (primary N) is 1. The highest BCUT2D eigenvalue weighted by Crippen LogP contribution is 2.25. The van der Waals surface area contributed by atoms with Gasteiger partial charge < -0.3 is 15.8 Å². The number of halogens is 1. The Morgan fingerprint density at radius 1 is 1.48 bits per heavy atom. The largest absolute Gasteiger partial charge is 0.462 e. The van der Waals surface area contributed by atoms with Crippen molar-refractivity contribution in [1.82, 2.24) is 4.98 Å². The number of carbonyl (C=O) groups is 1. The Hall–Kier alpha value is -2.63. The average Bonchev–Trinajstić information content (AvgIpc) is 2.46. The van der Waals surface area contributed by atoms with Gasteiger partial charge in [0.05, 0.1) is 18.5 Å². The molecule has 2 rings (SSSR count). The molecule has 21 heavy (non-hydrogen) atoms. The topological polar surface area (TPSA) is 77.2 Å². The summed E-state index contributed by atoms with van der Waals surface area (Å²) in [5.41, 5.74) is 7.17. The molecule has 5 nitrogen and oxygen atoms in total. The molecule has 1 heterocycles. The normalized spacial score (nSPS) is 10.2. The van der Waals surface area contributed by atoms with Crippen molar-refractivity contribution in [2.75, 3.05) is 17.7 Å². The number of esters is 1. The maximum atomic E-state index is 13.6. The molecule has 0 unspecified atom stereocenters. The minimum atomic E-state index is -0.533. The van der Waals surface area contributed by atoms with E-state index in [1.807, 2.05) is 0 Å². The molecule has 1 aromatic heterocycles. The van der Waals surface area contributed by atoms with E-state index in [-0.39, 0.29) is 23.8 Å². The van der Waals surface area contributed by atoms with Crippen molar-refractivity contribution < 1.29 is 13.9 Å². The fourth-order valence-corrected chi connectivity index (χ4v) is 1.82. The minimum Gasteiger partial charge on any atom is -0.462 e. The second kappa shape index (κ2) is 6.21. The first kappa shape index (κ1) is 14.8. The van der Waals surface area contributed by atoms with Crippen LogP contribution in [0.1, 0.15) is 22.8 Å². The Morgan fingerprint density at radius 2 is 2.24 bits per heavy atom. The van der Waals surface area contributed by atoms with Crippen molar-refractivity contribution in [3.63, 3.8) is 0 Å². The SMILES string of the molecule is CCOC(=O)c1cc(N)cnc1Nc1cccc(F)c1C. The van der Waals surface area contributed by atoms with E-state index in [0.717, 1.165) is 0 Å². The third-order valence-electron chi connectivity index (χ3n) is 2.92. The minimum absolute atomic E-state index is 0.209. The van der Waals surface area contributed by atoms with E-state index in [1.165, 1.54) is 18.3 Å². The number of rotatable bonds is 4. The van der Waals surface area contributed by atoms with Gasteiger partial charge in [0.1, 0.15) is 17.2 Å². The Balaban J connectivity index is 2.40. The summed E-state index contributed by atoms with van der Waals surface area (Å²) in [5, 5.41) is 2.94. The lowest BCUT2D eigenvalue weighted by molar-refractivity contribution is 0.0527. The predicted molar refractivity (Wildman–Crippen MR) is 79.0 cm³/mol. The number of nitrogen functional groups attached to an aromatic ring is 1. The molecule has 110 valence electrons. The van der Waals surface area contributed by atoms with Gasteiger partial charge in [-0.2, -0.15) is 0 Å². The van der Waals surface area contributed by atoms with Crippen LogP contribution in [0.25, 0.3) is 0 Å². The van der Waals surface area contributed by atoms with Crippen LogP contribution in [0.4, 0.5) is 21.6 Å². The fourth-order valence-electron chi connectivity index (χ4n) is 1.82. The summed E-state index contributed by atoms with van der Waals surface area (Å²) in [6, 6.07) is 6.11. The van der Waals surface area contributed by atoms with E-state index in [0.29, 0.717) is 16.9 Å². The highest BCUT2D eigenvalue weighted by molar-refractivity contribution is 5.96. The second-order valence-electron chi connectivity index (χ2n) is 4.42. The molecule has 1 aromatic carbocycles. The van der Waals surface area contributed by atoms with Gasteiger partial charge in [0.25, 0.3) is 0 Å². The van der Waals surface area contributed by atoms with Gasteiger partial charge in [-0.05, 0) is 32.0 Å². The maximum Gasteiger partial charge on any atom is 0.341 e. The summed E-state index contributed by atoms with van der Waals surface area (Å²) in [4.78, 5) is 16.0. The van der Waals surface area contributed by atoms with Gasteiger partial charge in [0.15, 0.2) is 0 Å². The summed E-state index contributed by atoms with van der Waals surface area (Å²) in [6.07, 6.45) is 1.42. The number of aromatic nitrogens is 1. The van der Waals surface area contributed by atoms with E-state index < -0.39 is 5.97 Å². The lowest BCUT2D eigenvalue weighted by Gasteiger charge is -2.13. The summed E-state index contributed by atoms with van der Waals surface area (Å²) in [6.45, 7) is 3.59. The number of benzene rings is 1. The van der Waals surface area contributed by atoms with Crippen LogP contribution in [0.5, 0.6) is 0 Å². The third kappa shape index (κ3) is 3.28. The van der Waals surface area contributed by atoms with Gasteiger partial charge in [-0.1, -0.05) is 6.07 Å². The zero-order valence-electron chi connectivity index (χ0n) is 11.8. The zero-order valence-corrected chi connectivity index (χ0v) is 11.8. The first-order chi connectivity index (χ1) is 10.0. The van der Waals surface area contributed by atoms with E-state index in [2.05, 4.69) is 10.3 Å². The zero-order chi connectivity index (χ0) is 15.4.